The van der Waals surface area contributed by atoms with Gasteiger partial charge in [-0.05, 0) is 30.0 Å². The van der Waals surface area contributed by atoms with Gasteiger partial charge in [0.15, 0.2) is 0 Å². The van der Waals surface area contributed by atoms with Crippen molar-refractivity contribution in [1.82, 2.24) is 10.2 Å². The van der Waals surface area contributed by atoms with Gasteiger partial charge in [-0.15, -0.1) is 12.4 Å². The molecule has 1 atom stereocenters. The highest BCUT2D eigenvalue weighted by Crippen LogP contribution is 2.24. The van der Waals surface area contributed by atoms with Crippen LogP contribution in [0, 0.1) is 5.92 Å². The first-order chi connectivity index (χ1) is 11.0. The molecule has 1 aromatic carbocycles. The van der Waals surface area contributed by atoms with Gasteiger partial charge in [0, 0.05) is 25.9 Å². The number of fused-ring (bicyclic) bond motifs is 1. The van der Waals surface area contributed by atoms with Crippen LogP contribution < -0.4 is 11.1 Å². The second-order valence-electron chi connectivity index (χ2n) is 6.54. The largest absolute Gasteiger partial charge is 0.354 e. The Bertz CT molecular complexity index is 563. The van der Waals surface area contributed by atoms with Gasteiger partial charge in [-0.1, -0.05) is 38.1 Å². The van der Waals surface area contributed by atoms with Gasteiger partial charge in [-0.3, -0.25) is 9.59 Å². The van der Waals surface area contributed by atoms with Crippen molar-refractivity contribution in [3.05, 3.63) is 35.4 Å². The number of nitrogens with zero attached hydrogens (tertiary/aromatic N) is 1. The van der Waals surface area contributed by atoms with E-state index in [1.165, 1.54) is 0 Å². The average Bonchev–Trinajstić information content (AvgIpc) is 2.53. The minimum atomic E-state index is -0.422. The molecule has 0 fully saturated rings. The van der Waals surface area contributed by atoms with Crippen LogP contribution >= 0.6 is 12.4 Å². The van der Waals surface area contributed by atoms with Crippen LogP contribution in [-0.4, -0.2) is 35.8 Å². The molecule has 134 valence electrons. The topological polar surface area (TPSA) is 75.4 Å². The Hall–Kier alpha value is -1.59. The predicted molar refractivity (Wildman–Crippen MR) is 97.9 cm³/mol. The molecule has 1 aliphatic heterocycles. The minimum absolute atomic E-state index is 0. The summed E-state index contributed by atoms with van der Waals surface area (Å²) in [6.07, 6.45) is 1.79. The van der Waals surface area contributed by atoms with Gasteiger partial charge in [0.1, 0.15) is 6.04 Å². The maximum atomic E-state index is 12.6. The van der Waals surface area contributed by atoms with Crippen LogP contribution in [0.1, 0.15) is 37.8 Å². The molecule has 5 nitrogen and oxygen atoms in total. The highest BCUT2D eigenvalue weighted by Gasteiger charge is 2.34. The van der Waals surface area contributed by atoms with Gasteiger partial charge in [0.25, 0.3) is 0 Å². The second kappa shape index (κ2) is 9.64. The van der Waals surface area contributed by atoms with Crippen molar-refractivity contribution < 1.29 is 9.59 Å². The normalized spacial score (nSPS) is 16.3. The smallest absolute Gasteiger partial charge is 0.243 e. The van der Waals surface area contributed by atoms with Crippen molar-refractivity contribution in [1.29, 1.82) is 0 Å². The Kier molecular flexibility index (Phi) is 8.22. The second-order valence-corrected chi connectivity index (χ2v) is 6.54. The van der Waals surface area contributed by atoms with Gasteiger partial charge < -0.3 is 16.0 Å². The van der Waals surface area contributed by atoms with E-state index in [9.17, 15) is 9.59 Å². The zero-order valence-electron chi connectivity index (χ0n) is 14.5. The van der Waals surface area contributed by atoms with E-state index < -0.39 is 6.04 Å². The fourth-order valence-electron chi connectivity index (χ4n) is 2.92. The highest BCUT2D eigenvalue weighted by atomic mass is 35.5. The third-order valence-electron chi connectivity index (χ3n) is 4.13. The molecular formula is C18H28ClN3O2. The van der Waals surface area contributed by atoms with E-state index in [-0.39, 0.29) is 30.1 Å². The van der Waals surface area contributed by atoms with Crippen LogP contribution in [0.5, 0.6) is 0 Å². The molecular weight excluding hydrogens is 326 g/mol. The van der Waals surface area contributed by atoms with Gasteiger partial charge in [0.05, 0.1) is 0 Å². The van der Waals surface area contributed by atoms with E-state index in [0.717, 1.165) is 17.5 Å². The molecule has 2 rings (SSSR count). The van der Waals surface area contributed by atoms with E-state index in [4.69, 9.17) is 5.73 Å². The van der Waals surface area contributed by atoms with Crippen molar-refractivity contribution in [3.8, 4) is 0 Å². The minimum Gasteiger partial charge on any atom is -0.354 e. The maximum Gasteiger partial charge on any atom is 0.243 e. The summed E-state index contributed by atoms with van der Waals surface area (Å²) in [5, 5.41) is 2.91. The van der Waals surface area contributed by atoms with Crippen molar-refractivity contribution in [2.24, 2.45) is 11.7 Å². The van der Waals surface area contributed by atoms with Crippen LogP contribution in [0.4, 0.5) is 0 Å². The molecule has 1 heterocycles. The average molecular weight is 354 g/mol. The molecule has 1 aromatic rings. The fraction of sp³-hybridized carbons (Fsp3) is 0.556. The third kappa shape index (κ3) is 5.21. The van der Waals surface area contributed by atoms with Crippen LogP contribution in [0.2, 0.25) is 0 Å². The molecule has 3 N–H and O–H groups in total. The van der Waals surface area contributed by atoms with Crippen LogP contribution in [-0.2, 0) is 22.6 Å². The first-order valence-electron chi connectivity index (χ1n) is 8.37. The molecule has 24 heavy (non-hydrogen) atoms. The number of hydrogen-bond donors (Lipinski definition) is 2. The lowest BCUT2D eigenvalue weighted by Gasteiger charge is -2.36. The van der Waals surface area contributed by atoms with E-state index in [1.54, 1.807) is 4.90 Å². The summed E-state index contributed by atoms with van der Waals surface area (Å²) in [7, 11) is 0. The van der Waals surface area contributed by atoms with Gasteiger partial charge in [0.2, 0.25) is 11.8 Å². The van der Waals surface area contributed by atoms with Gasteiger partial charge in [-0.2, -0.15) is 0 Å². The molecule has 1 aliphatic rings. The standard InChI is InChI=1S/C18H27N3O2.ClH/c1-13(2)10-17(22)21-12-15-7-4-3-6-14(15)11-16(21)18(23)20-9-5-8-19;/h3-4,6-7,13,16H,5,8-12,19H2,1-2H3,(H,20,23);1H. The van der Waals surface area contributed by atoms with Crippen LogP contribution in [0.3, 0.4) is 0 Å². The van der Waals surface area contributed by atoms with Crippen molar-refractivity contribution in [3.63, 3.8) is 0 Å². The zero-order chi connectivity index (χ0) is 16.8. The molecule has 0 saturated heterocycles. The summed E-state index contributed by atoms with van der Waals surface area (Å²) in [4.78, 5) is 26.9. The number of carbonyl (C=O) groups excluding carboxylic acids is 2. The lowest BCUT2D eigenvalue weighted by Crippen LogP contribution is -2.53. The van der Waals surface area contributed by atoms with E-state index >= 15 is 0 Å². The number of hydrogen-bond acceptors (Lipinski definition) is 3. The summed E-state index contributed by atoms with van der Waals surface area (Å²) in [6, 6.07) is 7.61. The number of nitrogens with two attached hydrogens (primary N) is 1. The lowest BCUT2D eigenvalue weighted by molar-refractivity contribution is -0.142. The molecule has 1 unspecified atom stereocenters. The number of rotatable bonds is 6. The van der Waals surface area contributed by atoms with Crippen molar-refractivity contribution in [2.75, 3.05) is 13.1 Å². The molecule has 0 radical (unpaired) electrons. The van der Waals surface area contributed by atoms with E-state index in [0.29, 0.717) is 32.5 Å². The predicted octanol–water partition coefficient (Wildman–Crippen LogP) is 1.87. The van der Waals surface area contributed by atoms with Crippen molar-refractivity contribution >= 4 is 24.2 Å². The molecule has 2 amide bonds. The Morgan fingerprint density at radius 1 is 1.29 bits per heavy atom. The van der Waals surface area contributed by atoms with E-state index in [2.05, 4.69) is 5.32 Å². The number of benzene rings is 1. The highest BCUT2D eigenvalue weighted by molar-refractivity contribution is 5.88. The van der Waals surface area contributed by atoms with Crippen LogP contribution in [0.15, 0.2) is 24.3 Å². The first kappa shape index (κ1) is 20.5. The molecule has 0 spiro atoms. The Labute approximate surface area is 150 Å². The Balaban J connectivity index is 0.00000288. The number of halogens is 1. The molecule has 6 heteroatoms. The van der Waals surface area contributed by atoms with E-state index in [1.807, 2.05) is 38.1 Å². The summed E-state index contributed by atoms with van der Waals surface area (Å²) >= 11 is 0. The number of amides is 2. The molecule has 0 bridgehead atoms. The quantitative estimate of drug-likeness (QED) is 0.767. The first-order valence-corrected chi connectivity index (χ1v) is 8.37. The van der Waals surface area contributed by atoms with Gasteiger partial charge >= 0.3 is 0 Å². The maximum absolute atomic E-state index is 12.6. The van der Waals surface area contributed by atoms with Crippen LogP contribution in [0.25, 0.3) is 0 Å². The summed E-state index contributed by atoms with van der Waals surface area (Å²) < 4.78 is 0. The Morgan fingerprint density at radius 2 is 1.96 bits per heavy atom. The molecule has 0 saturated carbocycles. The third-order valence-corrected chi connectivity index (χ3v) is 4.13. The number of carbonyl (C=O) groups is 2. The molecule has 0 aliphatic carbocycles. The number of nitrogens with one attached hydrogen (secondary N) is 1. The Morgan fingerprint density at radius 3 is 2.58 bits per heavy atom. The molecule has 0 aromatic heterocycles. The zero-order valence-corrected chi connectivity index (χ0v) is 15.3. The monoisotopic (exact) mass is 353 g/mol. The SMILES string of the molecule is CC(C)CC(=O)N1Cc2ccccc2CC1C(=O)NCCCN.Cl. The lowest BCUT2D eigenvalue weighted by atomic mass is 9.92. The summed E-state index contributed by atoms with van der Waals surface area (Å²) in [5.41, 5.74) is 7.76. The fourth-order valence-corrected chi connectivity index (χ4v) is 2.92. The van der Waals surface area contributed by atoms with Gasteiger partial charge in [-0.25, -0.2) is 0 Å². The summed E-state index contributed by atoms with van der Waals surface area (Å²) in [5.74, 6) is 0.249. The van der Waals surface area contributed by atoms with Crippen molar-refractivity contribution in [2.45, 2.75) is 45.7 Å². The summed E-state index contributed by atoms with van der Waals surface area (Å²) in [6.45, 7) is 5.65.